The molecule has 0 aliphatic heterocycles. The Labute approximate surface area is 326 Å². The molecule has 255 valence electrons. The summed E-state index contributed by atoms with van der Waals surface area (Å²) in [5.41, 5.74) is 8.33. The first kappa shape index (κ1) is 26.6. The minimum absolute atomic E-state index is 0. The van der Waals surface area contributed by atoms with Gasteiger partial charge in [-0.15, -0.1) is 59.2 Å². The molecule has 0 unspecified atom stereocenters. The fourth-order valence-corrected chi connectivity index (χ4v) is 5.92. The molecule has 8 aromatic rings. The van der Waals surface area contributed by atoms with Gasteiger partial charge in [0, 0.05) is 54.4 Å². The number of rotatable bonds is 7. The minimum atomic E-state index is -2.50. The summed E-state index contributed by atoms with van der Waals surface area (Å²) in [7, 11) is 0. The number of nitrogens with zero attached hydrogens (tertiary/aromatic N) is 2. The van der Waals surface area contributed by atoms with E-state index in [0.29, 0.717) is 33.9 Å². The van der Waals surface area contributed by atoms with Crippen LogP contribution in [-0.4, -0.2) is 9.97 Å². The van der Waals surface area contributed by atoms with E-state index in [2.05, 4.69) is 54.1 Å². The maximum atomic E-state index is 8.77. The second-order valence-electron chi connectivity index (χ2n) is 12.5. The molecule has 51 heavy (non-hydrogen) atoms. The number of hydrogen-bond acceptors (Lipinski definition) is 3. The Morgan fingerprint density at radius 1 is 0.686 bits per heavy atom. The molecule has 0 fully saturated rings. The number of aryl methyl sites for hydroxylation is 2. The Kier molecular flexibility index (Phi) is 8.48. The molecular weight excluding hydrogens is 801 g/mol. The number of fused-ring (bicyclic) bond motifs is 3. The zero-order valence-corrected chi connectivity index (χ0v) is 30.6. The third-order valence-electron chi connectivity index (χ3n) is 8.33. The summed E-state index contributed by atoms with van der Waals surface area (Å²) >= 11 is 0. The van der Waals surface area contributed by atoms with Crippen LogP contribution in [0.25, 0.3) is 55.6 Å². The molecule has 0 N–H and O–H groups in total. The zero-order chi connectivity index (χ0) is 41.2. The van der Waals surface area contributed by atoms with E-state index in [1.807, 2.05) is 54.7 Å². The summed E-state index contributed by atoms with van der Waals surface area (Å²) < 4.78 is 69.6. The van der Waals surface area contributed by atoms with Gasteiger partial charge in [-0.2, -0.15) is 0 Å². The Hall–Kier alpha value is -5.15. The van der Waals surface area contributed by atoms with E-state index in [-0.39, 0.29) is 31.2 Å². The largest absolute Gasteiger partial charge is 0.500 e. The van der Waals surface area contributed by atoms with Crippen LogP contribution in [0.1, 0.15) is 52.6 Å². The van der Waals surface area contributed by atoms with E-state index in [0.717, 1.165) is 45.2 Å². The van der Waals surface area contributed by atoms with Gasteiger partial charge in [0.2, 0.25) is 0 Å². The predicted octanol–water partition coefficient (Wildman–Crippen LogP) is 12.1. The van der Waals surface area contributed by atoms with Crippen molar-refractivity contribution < 1.29 is 35.5 Å². The first-order valence-electron chi connectivity index (χ1n) is 20.6. The van der Waals surface area contributed by atoms with E-state index in [9.17, 15) is 0 Å². The third kappa shape index (κ3) is 8.43. The zero-order valence-electron chi connectivity index (χ0n) is 36.2. The van der Waals surface area contributed by atoms with Crippen molar-refractivity contribution in [2.45, 2.75) is 40.3 Å². The van der Waals surface area contributed by atoms with Gasteiger partial charge in [-0.3, -0.25) is 0 Å². The Morgan fingerprint density at radius 2 is 1.39 bits per heavy atom. The maximum absolute atomic E-state index is 8.77. The van der Waals surface area contributed by atoms with Crippen LogP contribution in [0.5, 0.6) is 0 Å². The number of pyridine rings is 2. The fourth-order valence-electron chi connectivity index (χ4n) is 5.92. The molecule has 4 heteroatoms. The van der Waals surface area contributed by atoms with Crippen molar-refractivity contribution in [3.8, 4) is 33.6 Å². The van der Waals surface area contributed by atoms with Crippen LogP contribution in [0.4, 0.5) is 0 Å². The molecule has 0 atom stereocenters. The van der Waals surface area contributed by atoms with E-state index in [1.165, 1.54) is 23.9 Å². The smallest absolute Gasteiger partial charge is 0.120 e. The van der Waals surface area contributed by atoms with Gasteiger partial charge in [-0.25, -0.2) is 0 Å². The molecule has 0 saturated heterocycles. The number of hydrogen-bond donors (Lipinski definition) is 0. The van der Waals surface area contributed by atoms with Gasteiger partial charge in [0.15, 0.2) is 0 Å². The van der Waals surface area contributed by atoms with Gasteiger partial charge in [-0.1, -0.05) is 117 Å². The molecule has 3 aromatic heterocycles. The topological polar surface area (TPSA) is 38.9 Å². The van der Waals surface area contributed by atoms with Gasteiger partial charge in [0.1, 0.15) is 5.58 Å². The van der Waals surface area contributed by atoms with Crippen molar-refractivity contribution in [2.24, 2.45) is 5.92 Å². The fraction of sp³-hybridized carbons (Fsp3) is 0.149. The maximum Gasteiger partial charge on any atom is 0.120 e. The average molecular weight is 849 g/mol. The van der Waals surface area contributed by atoms with Crippen molar-refractivity contribution in [1.82, 2.24) is 9.97 Å². The van der Waals surface area contributed by atoms with Crippen LogP contribution < -0.4 is 0 Å². The second kappa shape index (κ2) is 16.2. The Bertz CT molecular complexity index is 2680. The molecule has 1 radical (unpaired) electrons. The number of para-hydroxylation sites is 1. The Balaban J connectivity index is 0.000000199. The summed E-state index contributed by atoms with van der Waals surface area (Å²) in [5, 5.41) is 1.85. The van der Waals surface area contributed by atoms with Gasteiger partial charge in [0.25, 0.3) is 0 Å². The average Bonchev–Trinajstić information content (AvgIpc) is 3.59. The van der Waals surface area contributed by atoms with Crippen molar-refractivity contribution in [2.75, 3.05) is 0 Å². The monoisotopic (exact) mass is 849 g/mol. The molecule has 0 aliphatic rings. The molecule has 0 bridgehead atoms. The SMILES string of the molecule is [2H]C([2H])([2H])c1c[c-]c(-c2cc(CC(C)C)c(-c3ccccc3)cn2)cc1.[2H]C([2H])([2H])c1cnc(-c2[c-]cc3oc4ccccc4c3c2)cc1C([2H])([2H])c1ccccc1.[Ir]. The number of furan rings is 1. The quantitative estimate of drug-likeness (QED) is 0.150. The van der Waals surface area contributed by atoms with Crippen LogP contribution in [-0.2, 0) is 32.9 Å². The van der Waals surface area contributed by atoms with E-state index < -0.39 is 20.1 Å². The Morgan fingerprint density at radius 3 is 2.14 bits per heavy atom. The molecule has 3 nitrogen and oxygen atoms in total. The summed E-state index contributed by atoms with van der Waals surface area (Å²) in [6.45, 7) is -0.210. The van der Waals surface area contributed by atoms with Gasteiger partial charge < -0.3 is 14.4 Å². The first-order chi connectivity index (χ1) is 27.6. The molecule has 0 saturated carbocycles. The van der Waals surface area contributed by atoms with Gasteiger partial charge >= 0.3 is 0 Å². The van der Waals surface area contributed by atoms with Crippen molar-refractivity contribution in [3.05, 3.63) is 180 Å². The third-order valence-corrected chi connectivity index (χ3v) is 8.33. The summed E-state index contributed by atoms with van der Waals surface area (Å²) in [4.78, 5) is 8.98. The predicted molar refractivity (Wildman–Crippen MR) is 207 cm³/mol. The summed E-state index contributed by atoms with van der Waals surface area (Å²) in [5.74, 6) is 0.523. The van der Waals surface area contributed by atoms with E-state index in [1.54, 1.807) is 48.5 Å². The van der Waals surface area contributed by atoms with Crippen molar-refractivity contribution >= 4 is 21.9 Å². The van der Waals surface area contributed by atoms with E-state index >= 15 is 0 Å². The van der Waals surface area contributed by atoms with Crippen molar-refractivity contribution in [3.63, 3.8) is 0 Å². The van der Waals surface area contributed by atoms with Gasteiger partial charge in [-0.05, 0) is 70.8 Å². The standard InChI is InChI=1S/C25H18NO.C22H22N.Ir/c1-17-16-26-23(15-20(17)13-18-7-3-2-4-8-18)19-11-12-25-22(14-19)21-9-5-6-10-24(21)27-25;1-16(2)13-20-14-22(19-11-9-17(3)10-12-19)23-15-21(20)18-7-5-4-6-8-18;/h2-10,12,14-16H,13H2,1H3;4-11,14-16H,13H2,1-3H3;/q2*-1;/i1D3,13D2;3D3;. The first-order valence-corrected chi connectivity index (χ1v) is 16.6. The number of benzene rings is 5. The molecule has 8 rings (SSSR count). The van der Waals surface area contributed by atoms with E-state index in [4.69, 9.17) is 15.4 Å². The van der Waals surface area contributed by atoms with Crippen molar-refractivity contribution in [1.29, 1.82) is 0 Å². The summed E-state index contributed by atoms with van der Waals surface area (Å²) in [6, 6.07) is 44.9. The van der Waals surface area contributed by atoms with Crippen LogP contribution >= 0.6 is 0 Å². The van der Waals surface area contributed by atoms with Crippen LogP contribution in [0.15, 0.2) is 144 Å². The van der Waals surface area contributed by atoms with Crippen LogP contribution in [0.3, 0.4) is 0 Å². The van der Waals surface area contributed by atoms with Crippen LogP contribution in [0, 0.1) is 31.8 Å². The normalized spacial score (nSPS) is 14.0. The number of aromatic nitrogens is 2. The summed E-state index contributed by atoms with van der Waals surface area (Å²) in [6.07, 6.45) is 2.10. The molecule has 3 heterocycles. The molecule has 0 amide bonds. The molecular formula is C47H40IrN2O-2. The minimum Gasteiger partial charge on any atom is -0.500 e. The van der Waals surface area contributed by atoms with Crippen LogP contribution in [0.2, 0.25) is 0 Å². The molecule has 0 aliphatic carbocycles. The van der Waals surface area contributed by atoms with Gasteiger partial charge in [0.05, 0.1) is 5.58 Å². The molecule has 0 spiro atoms. The molecule has 5 aromatic carbocycles. The second-order valence-corrected chi connectivity index (χ2v) is 12.5.